The van der Waals surface area contributed by atoms with Crippen molar-refractivity contribution >= 4 is 128 Å². The average Bonchev–Trinajstić information content (AvgIpc) is 2.85. The van der Waals surface area contributed by atoms with Crippen LogP contribution in [0.3, 0.4) is 0 Å². The molecule has 0 heterocycles. The van der Waals surface area contributed by atoms with Gasteiger partial charge < -0.3 is 62.0 Å². The highest BCUT2D eigenvalue weighted by molar-refractivity contribution is 6.96. The van der Waals surface area contributed by atoms with Crippen LogP contribution in [0.4, 0.5) is 0 Å². The molecular formula is C35H102O15Si15. The summed E-state index contributed by atoms with van der Waals surface area (Å²) in [7, 11) is -44.2. The first-order chi connectivity index (χ1) is 28.0. The molecule has 0 saturated carbocycles. The van der Waals surface area contributed by atoms with Crippen molar-refractivity contribution in [3.8, 4) is 0 Å². The molecule has 0 aromatic rings. The summed E-state index contributed by atoms with van der Waals surface area (Å²) in [6, 6.07) is 0.324. The minimum absolute atomic E-state index is 0.324. The molecule has 0 aliphatic carbocycles. The fraction of sp³-hybridized carbons (Fsp3) is 1.00. The normalized spacial score (nSPS) is 15.9. The van der Waals surface area contributed by atoms with Gasteiger partial charge in [0.25, 0.3) is 0 Å². The van der Waals surface area contributed by atoms with E-state index in [9.17, 15) is 0 Å². The van der Waals surface area contributed by atoms with Gasteiger partial charge in [-0.1, -0.05) is 13.3 Å². The minimum atomic E-state index is -4.59. The van der Waals surface area contributed by atoms with Gasteiger partial charge in [0.15, 0.2) is 49.9 Å². The van der Waals surface area contributed by atoms with Crippen LogP contribution in [0.2, 0.25) is 202 Å². The Morgan fingerprint density at radius 2 is 0.415 bits per heavy atom. The van der Waals surface area contributed by atoms with Crippen molar-refractivity contribution in [2.24, 2.45) is 0 Å². The zero-order valence-corrected chi connectivity index (χ0v) is 62.7. The van der Waals surface area contributed by atoms with Crippen LogP contribution in [0.25, 0.3) is 0 Å². The van der Waals surface area contributed by atoms with Gasteiger partial charge in [0, 0.05) is 13.2 Å². The van der Waals surface area contributed by atoms with Crippen LogP contribution >= 0.6 is 0 Å². The molecule has 0 N–H and O–H groups in total. The van der Waals surface area contributed by atoms with Crippen LogP contribution in [0.5, 0.6) is 0 Å². The van der Waals surface area contributed by atoms with E-state index in [1.807, 2.05) is 78.6 Å². The Bertz CT molecular complexity index is 1220. The largest absolute Gasteiger partial charge is 0.644 e. The highest BCUT2D eigenvalue weighted by atomic mass is 28.6. The molecule has 0 saturated heterocycles. The zero-order chi connectivity index (χ0) is 52.2. The molecule has 15 nitrogen and oxygen atoms in total. The maximum absolute atomic E-state index is 7.75. The molecule has 0 aromatic carbocycles. The molecule has 0 aliphatic rings. The van der Waals surface area contributed by atoms with Gasteiger partial charge in [-0.3, -0.25) is 0 Å². The van der Waals surface area contributed by atoms with Gasteiger partial charge in [-0.25, -0.2) is 0 Å². The third-order valence-electron chi connectivity index (χ3n) is 7.25. The number of hydrogen-bond acceptors (Lipinski definition) is 15. The molecule has 0 radical (unpaired) electrons. The van der Waals surface area contributed by atoms with Gasteiger partial charge in [-0.05, 0) is 203 Å². The molecule has 0 atom stereocenters. The van der Waals surface area contributed by atoms with Crippen molar-refractivity contribution in [3.63, 3.8) is 0 Å². The third kappa shape index (κ3) is 31.1. The zero-order valence-electron chi connectivity index (χ0n) is 47.7. The lowest BCUT2D eigenvalue weighted by molar-refractivity contribution is 0.0395. The molecule has 0 bridgehead atoms. The molecule has 0 rings (SSSR count). The van der Waals surface area contributed by atoms with Crippen LogP contribution in [0, 0.1) is 0 Å². The Hall–Kier alpha value is 2.65. The summed E-state index contributed by atoms with van der Waals surface area (Å²) in [5.74, 6) is 0. The average molecular weight is 1180 g/mol. The number of unbranched alkanes of at least 4 members (excludes halogenated alkanes) is 1. The maximum atomic E-state index is 7.75. The smallest absolute Gasteiger partial charge is 0.437 e. The molecule has 0 unspecified atom stereocenters. The Balaban J connectivity index is 9.13. The van der Waals surface area contributed by atoms with Crippen LogP contribution < -0.4 is 0 Å². The number of hydrogen-bond donors (Lipinski definition) is 0. The summed E-state index contributed by atoms with van der Waals surface area (Å²) in [5, 5.41) is 0. The van der Waals surface area contributed by atoms with Crippen molar-refractivity contribution in [3.05, 3.63) is 0 Å². The predicted octanol–water partition coefficient (Wildman–Crippen LogP) is 12.7. The summed E-state index contributed by atoms with van der Waals surface area (Å²) in [5.41, 5.74) is 0. The van der Waals surface area contributed by atoms with Crippen LogP contribution in [-0.2, 0) is 62.0 Å². The molecule has 0 fully saturated rings. The fourth-order valence-electron chi connectivity index (χ4n) is 7.69. The SMILES string of the molecule is CCCC[Si](OC)(O[Si](O[Si](C)(C)O[Si](C)(C)C)(O[Si](C)(C)O[Si](C)(C)C)O[Si](C)(C)O[Si](C)(C)C)O[Si](O[Si](C)(C)O[Si](C)(C)C)(O[Si](C)(C)O[Si](C)(C)C)O[Si](C)(C)O[Si](C)(C)C. The van der Waals surface area contributed by atoms with E-state index < -0.39 is 128 Å². The number of rotatable bonds is 32. The predicted molar refractivity (Wildman–Crippen MR) is 304 cm³/mol. The highest BCUT2D eigenvalue weighted by Gasteiger charge is 2.69. The highest BCUT2D eigenvalue weighted by Crippen LogP contribution is 2.40. The molecule has 392 valence electrons. The lowest BCUT2D eigenvalue weighted by Gasteiger charge is -2.49. The third-order valence-corrected chi connectivity index (χ3v) is 57.6. The van der Waals surface area contributed by atoms with Crippen molar-refractivity contribution in [2.75, 3.05) is 7.11 Å². The minimum Gasteiger partial charge on any atom is -0.437 e. The van der Waals surface area contributed by atoms with Gasteiger partial charge in [-0.2, -0.15) is 0 Å². The van der Waals surface area contributed by atoms with E-state index in [2.05, 4.69) is 125 Å². The second-order valence-corrected chi connectivity index (χ2v) is 83.3. The summed E-state index contributed by atoms with van der Waals surface area (Å²) in [4.78, 5) is 0. The van der Waals surface area contributed by atoms with E-state index in [1.54, 1.807) is 7.11 Å². The van der Waals surface area contributed by atoms with E-state index in [0.717, 1.165) is 6.42 Å². The molecule has 0 aromatic heterocycles. The second kappa shape index (κ2) is 23.5. The fourth-order valence-corrected chi connectivity index (χ4v) is 73.3. The lowest BCUT2D eigenvalue weighted by atomic mass is 10.4. The molecule has 0 aliphatic heterocycles. The Kier molecular flexibility index (Phi) is 24.4. The quantitative estimate of drug-likeness (QED) is 0.0590. The Morgan fingerprint density at radius 3 is 0.538 bits per heavy atom. The monoisotopic (exact) mass is 1180 g/mol. The van der Waals surface area contributed by atoms with Crippen molar-refractivity contribution in [2.45, 2.75) is 222 Å². The van der Waals surface area contributed by atoms with Crippen LogP contribution in [-0.4, -0.2) is 135 Å². The topological polar surface area (TPSA) is 138 Å². The summed E-state index contributed by atoms with van der Waals surface area (Å²) in [6.07, 6.45) is 1.46. The summed E-state index contributed by atoms with van der Waals surface area (Å²) in [6.45, 7) is 65.1. The van der Waals surface area contributed by atoms with E-state index in [-0.39, 0.29) is 0 Å². The first-order valence-electron chi connectivity index (χ1n) is 23.4. The standard InChI is InChI=1S/C35H102O15Si15/c1-33-34-35-63(36-2,49-64(43-57(21,22)37-51(3,4)5,44-58(23,24)38-52(6,7)8)45-59(25,26)39-53(9,10)11)50-65(46-60(27,28)40-54(12,13)14,47-61(29,30)41-55(15,16)17)48-62(31,32)42-56(18,19)20/h33-35H2,1-32H3. The van der Waals surface area contributed by atoms with E-state index >= 15 is 0 Å². The van der Waals surface area contributed by atoms with Crippen LogP contribution in [0.1, 0.15) is 19.8 Å². The Labute approximate surface area is 416 Å². The maximum Gasteiger partial charge on any atom is 0.644 e. The first kappa shape index (κ1) is 67.7. The second-order valence-electron chi connectivity index (χ2n) is 25.5. The first-order valence-corrected chi connectivity index (χ1v) is 65.9. The van der Waals surface area contributed by atoms with Crippen molar-refractivity contribution in [1.29, 1.82) is 0 Å². The molecule has 0 spiro atoms. The van der Waals surface area contributed by atoms with Gasteiger partial charge in [0.05, 0.1) is 0 Å². The van der Waals surface area contributed by atoms with Gasteiger partial charge in [-0.15, -0.1) is 0 Å². The molecule has 65 heavy (non-hydrogen) atoms. The van der Waals surface area contributed by atoms with Gasteiger partial charge in [0.1, 0.15) is 0 Å². The van der Waals surface area contributed by atoms with Crippen molar-refractivity contribution < 1.29 is 62.0 Å². The Morgan fingerprint density at radius 1 is 0.246 bits per heavy atom. The van der Waals surface area contributed by atoms with E-state index in [0.29, 0.717) is 12.5 Å². The lowest BCUT2D eigenvalue weighted by Crippen LogP contribution is -2.74. The van der Waals surface area contributed by atoms with Crippen molar-refractivity contribution in [1.82, 2.24) is 0 Å². The molecule has 30 heteroatoms. The van der Waals surface area contributed by atoms with E-state index in [1.165, 1.54) is 0 Å². The van der Waals surface area contributed by atoms with Gasteiger partial charge >= 0.3 is 78.3 Å². The van der Waals surface area contributed by atoms with Crippen LogP contribution in [0.15, 0.2) is 0 Å². The summed E-state index contributed by atoms with van der Waals surface area (Å²) < 4.78 is 109. The molecular weight excluding hydrogens is 1080 g/mol. The molecule has 0 amide bonds. The van der Waals surface area contributed by atoms with Gasteiger partial charge in [0.2, 0.25) is 0 Å². The van der Waals surface area contributed by atoms with E-state index in [4.69, 9.17) is 62.0 Å². The summed E-state index contributed by atoms with van der Waals surface area (Å²) >= 11 is 0.